The summed E-state index contributed by atoms with van der Waals surface area (Å²) in [6.07, 6.45) is 2.15. The summed E-state index contributed by atoms with van der Waals surface area (Å²) in [6.45, 7) is 1.70. The summed E-state index contributed by atoms with van der Waals surface area (Å²) >= 11 is 0.694. The van der Waals surface area contributed by atoms with Crippen LogP contribution in [0, 0.1) is 0 Å². The first-order chi connectivity index (χ1) is 8.25. The van der Waals surface area contributed by atoms with Crippen LogP contribution in [0.25, 0.3) is 10.9 Å². The quantitative estimate of drug-likeness (QED) is 0.561. The van der Waals surface area contributed by atoms with Crippen molar-refractivity contribution in [3.05, 3.63) is 23.9 Å². The molecule has 1 fully saturated rings. The fourth-order valence-corrected chi connectivity index (χ4v) is 3.81. The number of hydrogen-bond donors (Lipinski definition) is 1. The van der Waals surface area contributed by atoms with Gasteiger partial charge in [-0.3, -0.25) is 0 Å². The number of benzene rings is 1. The van der Waals surface area contributed by atoms with Crippen molar-refractivity contribution < 1.29 is 4.74 Å². The second kappa shape index (κ2) is 4.57. The van der Waals surface area contributed by atoms with Crippen LogP contribution in [0.1, 0.15) is 24.5 Å². The fraction of sp³-hybridized carbons (Fsp3) is 0.417. The zero-order valence-corrected chi connectivity index (χ0v) is 14.1. The molecule has 0 bridgehead atoms. The molecule has 1 aromatic heterocycles. The predicted octanol–water partition coefficient (Wildman–Crippen LogP) is 1.44. The molecule has 0 amide bonds. The molecule has 0 radical (unpaired) electrons. The Kier molecular flexibility index (Phi) is 3.08. The number of nitrogen functional groups attached to an aromatic ring is 1. The van der Waals surface area contributed by atoms with E-state index >= 15 is 0 Å². The van der Waals surface area contributed by atoms with Crippen molar-refractivity contribution in [3.63, 3.8) is 0 Å². The molecule has 0 atom stereocenters. The number of fused-ring (bicyclic) bond motifs is 1. The van der Waals surface area contributed by atoms with E-state index in [1.54, 1.807) is 0 Å². The molecule has 2 aromatic rings. The summed E-state index contributed by atoms with van der Waals surface area (Å²) in [5, 5.41) is 5.97. The van der Waals surface area contributed by atoms with E-state index in [0.717, 1.165) is 31.7 Å². The Morgan fingerprint density at radius 1 is 1.35 bits per heavy atom. The Morgan fingerprint density at radius 3 is 2.88 bits per heavy atom. The normalized spacial score (nSPS) is 17.6. The average Bonchev–Trinajstić information content (AvgIpc) is 2.67. The molecule has 17 heavy (non-hydrogen) atoms. The molecule has 86 valence electrons. The maximum atomic E-state index is 5.88. The second-order valence-corrected chi connectivity index (χ2v) is 6.39. The van der Waals surface area contributed by atoms with Crippen LogP contribution < -0.4 is 5.73 Å². The van der Waals surface area contributed by atoms with Crippen LogP contribution in [0.4, 0.5) is 5.69 Å². The Labute approximate surface area is 116 Å². The van der Waals surface area contributed by atoms with E-state index < -0.39 is 0 Å². The number of anilines is 1. The third-order valence-corrected chi connectivity index (χ3v) is 4.90. The van der Waals surface area contributed by atoms with Gasteiger partial charge in [-0.2, -0.15) is 0 Å². The first-order valence-corrected chi connectivity index (χ1v) is 7.87. The minimum atomic E-state index is 0.535. The van der Waals surface area contributed by atoms with Gasteiger partial charge in [0.15, 0.2) is 0 Å². The van der Waals surface area contributed by atoms with Gasteiger partial charge in [-0.05, 0) is 0 Å². The Morgan fingerprint density at radius 2 is 2.12 bits per heavy atom. The maximum absolute atomic E-state index is 5.88. The van der Waals surface area contributed by atoms with Gasteiger partial charge in [0.1, 0.15) is 0 Å². The molecule has 1 aromatic carbocycles. The topological polar surface area (TPSA) is 53.1 Å². The van der Waals surface area contributed by atoms with Gasteiger partial charge in [0.25, 0.3) is 0 Å². The van der Waals surface area contributed by atoms with Gasteiger partial charge >= 0.3 is 117 Å². The van der Waals surface area contributed by atoms with Gasteiger partial charge in [-0.25, -0.2) is 0 Å². The number of hydrogen-bond acceptors (Lipinski definition) is 3. The van der Waals surface area contributed by atoms with Crippen molar-refractivity contribution in [2.75, 3.05) is 18.9 Å². The molecule has 0 spiro atoms. The Hall–Kier alpha value is -0.628. The molecule has 0 saturated carbocycles. The third-order valence-electron chi connectivity index (χ3n) is 3.37. The molecule has 1 aliphatic heterocycles. The molecule has 5 heteroatoms. The van der Waals surface area contributed by atoms with Crippen LogP contribution in [-0.2, 0) is 4.74 Å². The average molecular weight is 421 g/mol. The van der Waals surface area contributed by atoms with Crippen molar-refractivity contribution >= 4 is 42.7 Å². The van der Waals surface area contributed by atoms with Gasteiger partial charge in [0, 0.05) is 0 Å². The molecule has 0 unspecified atom stereocenters. The van der Waals surface area contributed by atoms with E-state index in [2.05, 4.69) is 14.6 Å². The third kappa shape index (κ3) is 2.08. The summed E-state index contributed by atoms with van der Waals surface area (Å²) in [7, 11) is 0. The summed E-state index contributed by atoms with van der Waals surface area (Å²) in [5.74, 6) is 0.535. The van der Waals surface area contributed by atoms with Crippen LogP contribution in [-0.4, -0.2) is 46.9 Å². The Balaban J connectivity index is 2.11. The van der Waals surface area contributed by atoms with Crippen LogP contribution in [0.15, 0.2) is 18.2 Å². The molecule has 0 aliphatic carbocycles. The van der Waals surface area contributed by atoms with Gasteiger partial charge < -0.3 is 0 Å². The van der Waals surface area contributed by atoms with E-state index in [4.69, 9.17) is 15.6 Å². The number of nitrogens with two attached hydrogens (primary N) is 1. The van der Waals surface area contributed by atoms with Crippen molar-refractivity contribution in [2.24, 2.45) is 0 Å². The van der Waals surface area contributed by atoms with Crippen molar-refractivity contribution in [1.29, 1.82) is 0 Å². The summed E-state index contributed by atoms with van der Waals surface area (Å²) < 4.78 is 7.53. The molecule has 2 N–H and O–H groups in total. The first kappa shape index (κ1) is 11.5. The van der Waals surface area contributed by atoms with E-state index in [0.29, 0.717) is 32.0 Å². The van der Waals surface area contributed by atoms with Crippen molar-refractivity contribution in [2.45, 2.75) is 18.8 Å². The van der Waals surface area contributed by atoms with Gasteiger partial charge in [0.2, 0.25) is 0 Å². The Bertz CT molecular complexity index is 546. The van der Waals surface area contributed by atoms with E-state index in [-0.39, 0.29) is 0 Å². The summed E-state index contributed by atoms with van der Waals surface area (Å²) in [6, 6.07) is 6.10. The number of aromatic nitrogens is 2. The van der Waals surface area contributed by atoms with Crippen molar-refractivity contribution in [1.82, 2.24) is 7.59 Å². The standard InChI is InChI=1S/C12H14N3O.Tl/c13-9-1-2-11-10(7-9)12(15-14-11)8-3-5-16-6-4-8;/h1-2,7-8H,3-6,13H2;/q-1;+1. The molecule has 2 heterocycles. The zero-order chi connectivity index (χ0) is 11.8. The monoisotopic (exact) mass is 421 g/mol. The summed E-state index contributed by atoms with van der Waals surface area (Å²) in [4.78, 5) is 0. The van der Waals surface area contributed by atoms with Gasteiger partial charge in [0.05, 0.1) is 0 Å². The number of nitrogens with zero attached hydrogens (tertiary/aromatic N) is 2. The van der Waals surface area contributed by atoms with Crippen LogP contribution in [0.2, 0.25) is 0 Å². The molecule has 1 saturated heterocycles. The summed E-state index contributed by atoms with van der Waals surface area (Å²) in [5.41, 5.74) is 9.15. The van der Waals surface area contributed by atoms with E-state index in [1.807, 2.05) is 6.07 Å². The minimum absolute atomic E-state index is 0.535. The van der Waals surface area contributed by atoms with Crippen molar-refractivity contribution in [3.8, 4) is 0 Å². The predicted molar refractivity (Wildman–Crippen MR) is 68.1 cm³/mol. The van der Waals surface area contributed by atoms with Crippen LogP contribution in [0.5, 0.6) is 0 Å². The molecule has 4 nitrogen and oxygen atoms in total. The molecule has 1 aliphatic rings. The molecular formula is C12H14N3OTl. The SMILES string of the molecule is Nc1ccc2c(c1)c(C1CCOCC1)n[n]2[Tl]. The van der Waals surface area contributed by atoms with Crippen LogP contribution in [0.3, 0.4) is 0 Å². The van der Waals surface area contributed by atoms with Gasteiger partial charge in [-0.15, -0.1) is 0 Å². The first-order valence-electron chi connectivity index (χ1n) is 5.86. The molecular weight excluding hydrogens is 407 g/mol. The van der Waals surface area contributed by atoms with Crippen LogP contribution >= 0.6 is 0 Å². The van der Waals surface area contributed by atoms with E-state index in [1.165, 1.54) is 16.6 Å². The number of rotatable bonds is 1. The zero-order valence-electron chi connectivity index (χ0n) is 9.60. The number of ether oxygens (including phenoxy) is 1. The fourth-order valence-electron chi connectivity index (χ4n) is 2.45. The van der Waals surface area contributed by atoms with E-state index in [9.17, 15) is 0 Å². The second-order valence-electron chi connectivity index (χ2n) is 4.49. The van der Waals surface area contributed by atoms with Gasteiger partial charge in [-0.1, -0.05) is 0 Å². The molecule has 3 rings (SSSR count).